The molecule has 3 heterocycles. The van der Waals surface area contributed by atoms with Gasteiger partial charge in [0.25, 0.3) is 0 Å². The van der Waals surface area contributed by atoms with E-state index in [0.29, 0.717) is 6.54 Å². The zero-order chi connectivity index (χ0) is 13.0. The Bertz CT molecular complexity index is 542. The molecule has 0 aliphatic carbocycles. The van der Waals surface area contributed by atoms with Crippen LogP contribution in [0.2, 0.25) is 0 Å². The van der Waals surface area contributed by atoms with Crippen molar-refractivity contribution in [3.05, 3.63) is 48.0 Å². The SMILES string of the molecule is O=C1[C@@H]2[C@H]([C@@H](O)N1Cc1ccccc1)[C@H]1C=C[C@@H]2O1. The molecular weight excluding hydrogens is 242 g/mol. The highest BCUT2D eigenvalue weighted by atomic mass is 16.5. The molecule has 4 heteroatoms. The van der Waals surface area contributed by atoms with Crippen molar-refractivity contribution < 1.29 is 14.6 Å². The summed E-state index contributed by atoms with van der Waals surface area (Å²) < 4.78 is 5.66. The summed E-state index contributed by atoms with van der Waals surface area (Å²) in [7, 11) is 0. The first-order valence-corrected chi connectivity index (χ1v) is 6.62. The summed E-state index contributed by atoms with van der Waals surface area (Å²) in [5, 5.41) is 10.4. The molecule has 0 spiro atoms. The Hall–Kier alpha value is -1.65. The van der Waals surface area contributed by atoms with Crippen molar-refractivity contribution in [2.24, 2.45) is 11.8 Å². The average Bonchev–Trinajstić information content (AvgIpc) is 3.10. The van der Waals surface area contributed by atoms with Crippen molar-refractivity contribution in [3.8, 4) is 0 Å². The van der Waals surface area contributed by atoms with E-state index in [0.717, 1.165) is 5.56 Å². The van der Waals surface area contributed by atoms with E-state index in [9.17, 15) is 9.90 Å². The van der Waals surface area contributed by atoms with Crippen LogP contribution in [0.3, 0.4) is 0 Å². The van der Waals surface area contributed by atoms with Crippen LogP contribution in [0.1, 0.15) is 5.56 Å². The van der Waals surface area contributed by atoms with Crippen molar-refractivity contribution in [1.29, 1.82) is 0 Å². The van der Waals surface area contributed by atoms with Gasteiger partial charge in [0.05, 0.1) is 18.1 Å². The first-order chi connectivity index (χ1) is 9.25. The number of amides is 1. The van der Waals surface area contributed by atoms with E-state index >= 15 is 0 Å². The average molecular weight is 257 g/mol. The molecule has 2 fully saturated rings. The molecule has 0 unspecified atom stereocenters. The molecule has 4 nitrogen and oxygen atoms in total. The van der Waals surface area contributed by atoms with Gasteiger partial charge in [0.1, 0.15) is 6.23 Å². The highest BCUT2D eigenvalue weighted by Gasteiger charge is 2.60. The summed E-state index contributed by atoms with van der Waals surface area (Å²) in [5.74, 6) is -0.293. The lowest BCUT2D eigenvalue weighted by molar-refractivity contribution is -0.139. The Balaban J connectivity index is 1.60. The standard InChI is InChI=1S/C15H15NO3/c17-14-12-10-6-7-11(19-10)13(12)15(18)16(14)8-9-4-2-1-3-5-9/h1-7,10-14,17H,8H2/t10-,11+,12-,13+,14-/m1/s1. The van der Waals surface area contributed by atoms with E-state index in [1.54, 1.807) is 4.90 Å². The summed E-state index contributed by atoms with van der Waals surface area (Å²) in [4.78, 5) is 14.0. The number of benzene rings is 1. The van der Waals surface area contributed by atoms with E-state index in [1.165, 1.54) is 0 Å². The molecule has 5 atom stereocenters. The van der Waals surface area contributed by atoms with Crippen LogP contribution in [0.5, 0.6) is 0 Å². The number of ether oxygens (including phenoxy) is 1. The van der Waals surface area contributed by atoms with Crippen LogP contribution >= 0.6 is 0 Å². The molecule has 0 radical (unpaired) electrons. The minimum atomic E-state index is -0.738. The van der Waals surface area contributed by atoms with Crippen LogP contribution in [0, 0.1) is 11.8 Å². The Morgan fingerprint density at radius 3 is 2.63 bits per heavy atom. The third-order valence-corrected chi connectivity index (χ3v) is 4.38. The molecule has 19 heavy (non-hydrogen) atoms. The molecule has 98 valence electrons. The zero-order valence-electron chi connectivity index (χ0n) is 10.3. The fraction of sp³-hybridized carbons (Fsp3) is 0.400. The van der Waals surface area contributed by atoms with Gasteiger partial charge in [-0.2, -0.15) is 0 Å². The van der Waals surface area contributed by atoms with E-state index in [1.807, 2.05) is 42.5 Å². The van der Waals surface area contributed by atoms with Crippen LogP contribution in [0.4, 0.5) is 0 Å². The van der Waals surface area contributed by atoms with Gasteiger partial charge in [0.2, 0.25) is 5.91 Å². The number of fused-ring (bicyclic) bond motifs is 5. The third kappa shape index (κ3) is 1.50. The largest absolute Gasteiger partial charge is 0.373 e. The molecule has 3 aliphatic rings. The highest BCUT2D eigenvalue weighted by Crippen LogP contribution is 2.47. The molecule has 1 N–H and O–H groups in total. The Morgan fingerprint density at radius 1 is 1.16 bits per heavy atom. The van der Waals surface area contributed by atoms with Crippen molar-refractivity contribution in [2.45, 2.75) is 25.0 Å². The number of aliphatic hydroxyl groups excluding tert-OH is 1. The lowest BCUT2D eigenvalue weighted by Gasteiger charge is -2.24. The molecule has 1 amide bonds. The quantitative estimate of drug-likeness (QED) is 0.801. The predicted molar refractivity (Wildman–Crippen MR) is 67.8 cm³/mol. The van der Waals surface area contributed by atoms with Crippen molar-refractivity contribution in [1.82, 2.24) is 4.90 Å². The van der Waals surface area contributed by atoms with Gasteiger partial charge in [0, 0.05) is 12.5 Å². The number of carbonyl (C=O) groups is 1. The van der Waals surface area contributed by atoms with Gasteiger partial charge in [0.15, 0.2) is 0 Å². The Kier molecular flexibility index (Phi) is 2.31. The lowest BCUT2D eigenvalue weighted by atomic mass is 9.85. The molecule has 1 aromatic rings. The number of likely N-dealkylation sites (tertiary alicyclic amines) is 1. The third-order valence-electron chi connectivity index (χ3n) is 4.38. The van der Waals surface area contributed by atoms with Crippen molar-refractivity contribution in [3.63, 3.8) is 0 Å². The molecule has 2 bridgehead atoms. The Morgan fingerprint density at radius 2 is 1.89 bits per heavy atom. The highest BCUT2D eigenvalue weighted by molar-refractivity contribution is 5.83. The number of hydrogen-bond acceptors (Lipinski definition) is 3. The zero-order valence-corrected chi connectivity index (χ0v) is 10.3. The van der Waals surface area contributed by atoms with Crippen LogP contribution in [-0.2, 0) is 16.1 Å². The molecule has 2 saturated heterocycles. The van der Waals surface area contributed by atoms with Gasteiger partial charge in [-0.15, -0.1) is 0 Å². The molecular formula is C15H15NO3. The molecule has 4 rings (SSSR count). The second-order valence-electron chi connectivity index (χ2n) is 5.42. The number of carbonyl (C=O) groups excluding carboxylic acids is 1. The van der Waals surface area contributed by atoms with Crippen molar-refractivity contribution in [2.75, 3.05) is 0 Å². The minimum Gasteiger partial charge on any atom is -0.373 e. The monoisotopic (exact) mass is 257 g/mol. The fourth-order valence-electron chi connectivity index (χ4n) is 3.48. The van der Waals surface area contributed by atoms with E-state index in [2.05, 4.69) is 0 Å². The first-order valence-electron chi connectivity index (χ1n) is 6.62. The first kappa shape index (κ1) is 11.2. The smallest absolute Gasteiger partial charge is 0.231 e. The summed E-state index contributed by atoms with van der Waals surface area (Å²) in [6.07, 6.45) is 2.93. The lowest BCUT2D eigenvalue weighted by Crippen LogP contribution is -2.37. The second-order valence-corrected chi connectivity index (χ2v) is 5.42. The van der Waals surface area contributed by atoms with Gasteiger partial charge >= 0.3 is 0 Å². The Labute approximate surface area is 111 Å². The van der Waals surface area contributed by atoms with Gasteiger partial charge in [-0.25, -0.2) is 0 Å². The normalized spacial score (nSPS) is 39.1. The number of hydrogen-bond donors (Lipinski definition) is 1. The maximum Gasteiger partial charge on any atom is 0.231 e. The number of aliphatic hydroxyl groups is 1. The van der Waals surface area contributed by atoms with Crippen LogP contribution < -0.4 is 0 Å². The maximum absolute atomic E-state index is 12.4. The maximum atomic E-state index is 12.4. The summed E-state index contributed by atoms with van der Waals surface area (Å²) in [5.41, 5.74) is 1.04. The van der Waals surface area contributed by atoms with Crippen LogP contribution in [0.25, 0.3) is 0 Å². The number of nitrogens with zero attached hydrogens (tertiary/aromatic N) is 1. The van der Waals surface area contributed by atoms with E-state index in [4.69, 9.17) is 4.74 Å². The van der Waals surface area contributed by atoms with Gasteiger partial charge in [-0.1, -0.05) is 42.5 Å². The van der Waals surface area contributed by atoms with E-state index < -0.39 is 6.23 Å². The summed E-state index contributed by atoms with van der Waals surface area (Å²) >= 11 is 0. The molecule has 3 aliphatic heterocycles. The fourth-order valence-corrected chi connectivity index (χ4v) is 3.48. The second kappa shape index (κ2) is 3.92. The van der Waals surface area contributed by atoms with Crippen LogP contribution in [0.15, 0.2) is 42.5 Å². The predicted octanol–water partition coefficient (Wildman–Crippen LogP) is 0.917. The minimum absolute atomic E-state index is 0.0122. The molecule has 1 aromatic carbocycles. The van der Waals surface area contributed by atoms with Crippen LogP contribution in [-0.4, -0.2) is 34.3 Å². The topological polar surface area (TPSA) is 49.8 Å². The summed E-state index contributed by atoms with van der Waals surface area (Å²) in [6.45, 7) is 0.466. The summed E-state index contributed by atoms with van der Waals surface area (Å²) in [6, 6.07) is 9.77. The molecule has 0 aromatic heterocycles. The molecule has 0 saturated carbocycles. The number of rotatable bonds is 2. The van der Waals surface area contributed by atoms with Gasteiger partial charge < -0.3 is 14.7 Å². The van der Waals surface area contributed by atoms with E-state index in [-0.39, 0.29) is 30.0 Å². The van der Waals surface area contributed by atoms with Gasteiger partial charge in [-0.05, 0) is 5.56 Å². The van der Waals surface area contributed by atoms with Crippen molar-refractivity contribution >= 4 is 5.91 Å². The van der Waals surface area contributed by atoms with Gasteiger partial charge in [-0.3, -0.25) is 4.79 Å².